The summed E-state index contributed by atoms with van der Waals surface area (Å²) in [5, 5.41) is 3.00. The number of amides is 1. The van der Waals surface area contributed by atoms with Crippen LogP contribution in [0.4, 0.5) is 0 Å². The minimum Gasteiger partial charge on any atom is -0.378 e. The first kappa shape index (κ1) is 14.5. The number of nitrogens with two attached hydrogens (primary N) is 1. The number of carbonyl (C=O) groups is 1. The Balaban J connectivity index is 2.07. The van der Waals surface area contributed by atoms with Crippen molar-refractivity contribution >= 4 is 5.91 Å². The first-order valence-corrected chi connectivity index (χ1v) is 6.83. The lowest BCUT2D eigenvalue weighted by Gasteiger charge is -2.22. The van der Waals surface area contributed by atoms with Gasteiger partial charge in [0.15, 0.2) is 0 Å². The molecule has 0 aromatic carbocycles. The van der Waals surface area contributed by atoms with Crippen LogP contribution in [0.2, 0.25) is 0 Å². The molecule has 1 saturated heterocycles. The maximum absolute atomic E-state index is 11.7. The number of hydrogen-bond acceptors (Lipinski definition) is 3. The number of hydrogen-bond donors (Lipinski definition) is 2. The van der Waals surface area contributed by atoms with Gasteiger partial charge in [-0.25, -0.2) is 0 Å². The Morgan fingerprint density at radius 3 is 3.00 bits per heavy atom. The average molecular weight is 242 g/mol. The van der Waals surface area contributed by atoms with Crippen molar-refractivity contribution in [2.75, 3.05) is 13.2 Å². The fourth-order valence-corrected chi connectivity index (χ4v) is 2.17. The van der Waals surface area contributed by atoms with Gasteiger partial charge in [0.25, 0.3) is 0 Å². The lowest BCUT2D eigenvalue weighted by molar-refractivity contribution is -0.122. The van der Waals surface area contributed by atoms with Crippen LogP contribution in [0.15, 0.2) is 0 Å². The molecule has 0 radical (unpaired) electrons. The van der Waals surface area contributed by atoms with Crippen molar-refractivity contribution in [3.05, 3.63) is 0 Å². The summed E-state index contributed by atoms with van der Waals surface area (Å²) >= 11 is 0. The zero-order valence-electron chi connectivity index (χ0n) is 10.9. The summed E-state index contributed by atoms with van der Waals surface area (Å²) in [6.07, 6.45) is 7.17. The maximum atomic E-state index is 11.7. The standard InChI is InChI=1S/C13H26N2O2/c1-11(5-4-9-14)15-13(16)8-7-12-6-2-3-10-17-12/h11-12H,2-10,14H2,1H3,(H,15,16). The van der Waals surface area contributed by atoms with E-state index in [1.165, 1.54) is 12.8 Å². The fourth-order valence-electron chi connectivity index (χ4n) is 2.17. The lowest BCUT2D eigenvalue weighted by Crippen LogP contribution is -2.33. The van der Waals surface area contributed by atoms with Gasteiger partial charge >= 0.3 is 0 Å². The van der Waals surface area contributed by atoms with Crippen LogP contribution in [0.5, 0.6) is 0 Å². The van der Waals surface area contributed by atoms with Gasteiger partial charge < -0.3 is 15.8 Å². The van der Waals surface area contributed by atoms with Crippen LogP contribution in [-0.2, 0) is 9.53 Å². The highest BCUT2D eigenvalue weighted by Crippen LogP contribution is 2.16. The molecule has 2 atom stereocenters. The smallest absolute Gasteiger partial charge is 0.220 e. The minimum absolute atomic E-state index is 0.142. The average Bonchev–Trinajstić information content (AvgIpc) is 2.35. The molecule has 4 nitrogen and oxygen atoms in total. The van der Waals surface area contributed by atoms with Crippen LogP contribution < -0.4 is 11.1 Å². The molecule has 0 spiro atoms. The predicted molar refractivity (Wildman–Crippen MR) is 68.7 cm³/mol. The van der Waals surface area contributed by atoms with Crippen LogP contribution in [0.3, 0.4) is 0 Å². The third-order valence-corrected chi connectivity index (χ3v) is 3.22. The van der Waals surface area contributed by atoms with Gasteiger partial charge in [0, 0.05) is 19.1 Å². The highest BCUT2D eigenvalue weighted by molar-refractivity contribution is 5.76. The summed E-state index contributed by atoms with van der Waals surface area (Å²) in [6.45, 7) is 3.58. The maximum Gasteiger partial charge on any atom is 0.220 e. The van der Waals surface area contributed by atoms with Crippen molar-refractivity contribution in [1.82, 2.24) is 5.32 Å². The minimum atomic E-state index is 0.142. The van der Waals surface area contributed by atoms with Gasteiger partial charge in [0.2, 0.25) is 5.91 Å². The van der Waals surface area contributed by atoms with Crippen LogP contribution in [0.25, 0.3) is 0 Å². The molecule has 3 N–H and O–H groups in total. The second kappa shape index (κ2) is 8.48. The summed E-state index contributed by atoms with van der Waals surface area (Å²) in [5.41, 5.74) is 5.43. The van der Waals surface area contributed by atoms with E-state index in [1.807, 2.05) is 6.92 Å². The second-order valence-corrected chi connectivity index (χ2v) is 4.93. The van der Waals surface area contributed by atoms with Gasteiger partial charge in [-0.15, -0.1) is 0 Å². The molecule has 17 heavy (non-hydrogen) atoms. The molecule has 0 aromatic rings. The van der Waals surface area contributed by atoms with Gasteiger partial charge in [-0.2, -0.15) is 0 Å². The summed E-state index contributed by atoms with van der Waals surface area (Å²) in [6, 6.07) is 0.235. The molecule has 1 aliphatic rings. The molecule has 0 bridgehead atoms. The van der Waals surface area contributed by atoms with Gasteiger partial charge in [0.05, 0.1) is 6.10 Å². The van der Waals surface area contributed by atoms with Crippen LogP contribution in [-0.4, -0.2) is 31.2 Å². The Morgan fingerprint density at radius 2 is 2.35 bits per heavy atom. The Labute approximate surface area is 104 Å². The molecule has 1 fully saturated rings. The van der Waals surface area contributed by atoms with Gasteiger partial charge in [-0.3, -0.25) is 4.79 Å². The molecular weight excluding hydrogens is 216 g/mol. The SMILES string of the molecule is CC(CCCN)NC(=O)CCC1CCCCO1. The molecule has 0 aromatic heterocycles. The van der Waals surface area contributed by atoms with E-state index in [9.17, 15) is 4.79 Å². The number of ether oxygens (including phenoxy) is 1. The number of carbonyl (C=O) groups excluding carboxylic acids is 1. The zero-order chi connectivity index (χ0) is 12.5. The molecule has 1 heterocycles. The molecule has 100 valence electrons. The number of nitrogens with one attached hydrogen (secondary N) is 1. The molecule has 2 unspecified atom stereocenters. The van der Waals surface area contributed by atoms with E-state index < -0.39 is 0 Å². The molecular formula is C13H26N2O2. The highest BCUT2D eigenvalue weighted by Gasteiger charge is 2.15. The quantitative estimate of drug-likeness (QED) is 0.712. The lowest BCUT2D eigenvalue weighted by atomic mass is 10.0. The first-order chi connectivity index (χ1) is 8.22. The van der Waals surface area contributed by atoms with Gasteiger partial charge in [-0.05, 0) is 52.0 Å². The van der Waals surface area contributed by atoms with Gasteiger partial charge in [-0.1, -0.05) is 0 Å². The molecule has 1 aliphatic heterocycles. The van der Waals surface area contributed by atoms with Crippen molar-refractivity contribution < 1.29 is 9.53 Å². The normalized spacial score (nSPS) is 22.1. The molecule has 0 saturated carbocycles. The Bertz CT molecular complexity index is 215. The second-order valence-electron chi connectivity index (χ2n) is 4.93. The first-order valence-electron chi connectivity index (χ1n) is 6.83. The largest absolute Gasteiger partial charge is 0.378 e. The monoisotopic (exact) mass is 242 g/mol. The van der Waals surface area contributed by atoms with Crippen LogP contribution in [0.1, 0.15) is 51.9 Å². The Kier molecular flexibility index (Phi) is 7.21. The van der Waals surface area contributed by atoms with E-state index in [2.05, 4.69) is 5.32 Å². The summed E-state index contributed by atoms with van der Waals surface area (Å²) < 4.78 is 5.60. The predicted octanol–water partition coefficient (Wildman–Crippen LogP) is 1.58. The van der Waals surface area contributed by atoms with Crippen molar-refractivity contribution in [3.8, 4) is 0 Å². The van der Waals surface area contributed by atoms with Crippen molar-refractivity contribution in [3.63, 3.8) is 0 Å². The molecule has 4 heteroatoms. The summed E-state index contributed by atoms with van der Waals surface area (Å²) in [7, 11) is 0. The molecule has 1 amide bonds. The van der Waals surface area contributed by atoms with E-state index in [4.69, 9.17) is 10.5 Å². The van der Waals surface area contributed by atoms with Crippen LogP contribution in [0, 0.1) is 0 Å². The van der Waals surface area contributed by atoms with E-state index >= 15 is 0 Å². The Morgan fingerprint density at radius 1 is 1.53 bits per heavy atom. The van der Waals surface area contributed by atoms with Crippen molar-refractivity contribution in [1.29, 1.82) is 0 Å². The van der Waals surface area contributed by atoms with E-state index in [0.717, 1.165) is 32.3 Å². The fraction of sp³-hybridized carbons (Fsp3) is 0.923. The Hall–Kier alpha value is -0.610. The highest BCUT2D eigenvalue weighted by atomic mass is 16.5. The third-order valence-electron chi connectivity index (χ3n) is 3.22. The van der Waals surface area contributed by atoms with Crippen LogP contribution >= 0.6 is 0 Å². The van der Waals surface area contributed by atoms with E-state index in [1.54, 1.807) is 0 Å². The molecule has 1 rings (SSSR count). The summed E-state index contributed by atoms with van der Waals surface area (Å²) in [4.78, 5) is 11.7. The molecule has 0 aliphatic carbocycles. The van der Waals surface area contributed by atoms with Crippen molar-refractivity contribution in [2.45, 2.75) is 64.0 Å². The van der Waals surface area contributed by atoms with Gasteiger partial charge in [0.1, 0.15) is 0 Å². The zero-order valence-corrected chi connectivity index (χ0v) is 10.9. The van der Waals surface area contributed by atoms with Crippen molar-refractivity contribution in [2.24, 2.45) is 5.73 Å². The van der Waals surface area contributed by atoms with E-state index in [-0.39, 0.29) is 11.9 Å². The van der Waals surface area contributed by atoms with E-state index in [0.29, 0.717) is 19.1 Å². The number of rotatable bonds is 7. The summed E-state index contributed by atoms with van der Waals surface area (Å²) in [5.74, 6) is 0.142. The topological polar surface area (TPSA) is 64.3 Å². The third kappa shape index (κ3) is 6.64.